The molecule has 2 saturated carbocycles. The number of anilines is 1. The minimum Gasteiger partial charge on any atom is -0.508 e. The van der Waals surface area contributed by atoms with Gasteiger partial charge in [-0.15, -0.1) is 6.42 Å². The Hall–Kier alpha value is -4.21. The van der Waals surface area contributed by atoms with E-state index in [2.05, 4.69) is 26.0 Å². The number of pyridine rings is 1. The standard InChI is InChI=1S/C37H36F4N6O2.C2H6/c1-2-24-26(38)5-3-21-15-23(48)16-25(28(21)24)31-30(39)32-29-27(43-31)6-4-22-17-42-11-14-47(22)33(29)45-34(44-32)49-20-35(7-8-35)19-46-12-9-36(10-13-46)18-37(36,40)41;1-2/h1,3,5,15-16,22,42,48H,4,6-14,17-20H2;1-2H3. The van der Waals surface area contributed by atoms with Gasteiger partial charge in [0.05, 0.1) is 23.3 Å². The van der Waals surface area contributed by atoms with Gasteiger partial charge in [-0.2, -0.15) is 9.97 Å². The summed E-state index contributed by atoms with van der Waals surface area (Å²) in [5.41, 5.74) is -0.222. The largest absolute Gasteiger partial charge is 0.508 e. The summed E-state index contributed by atoms with van der Waals surface area (Å²) >= 11 is 0. The van der Waals surface area contributed by atoms with Crippen molar-refractivity contribution in [2.24, 2.45) is 10.8 Å². The summed E-state index contributed by atoms with van der Waals surface area (Å²) in [6.45, 7) is 8.52. The van der Waals surface area contributed by atoms with Crippen LogP contribution in [0.3, 0.4) is 0 Å². The average molecular weight is 703 g/mol. The number of hydrogen-bond acceptors (Lipinski definition) is 8. The number of piperazine rings is 1. The molecule has 4 aromatic rings. The first-order chi connectivity index (χ1) is 24.6. The van der Waals surface area contributed by atoms with Gasteiger partial charge in [-0.05, 0) is 75.2 Å². The number of ether oxygens (including phenoxy) is 1. The van der Waals surface area contributed by atoms with Gasteiger partial charge in [0.2, 0.25) is 0 Å². The van der Waals surface area contributed by atoms with Crippen molar-refractivity contribution in [1.29, 1.82) is 0 Å². The third-order valence-corrected chi connectivity index (χ3v) is 11.7. The molecule has 0 bridgehead atoms. The van der Waals surface area contributed by atoms with E-state index in [0.717, 1.165) is 38.9 Å². The van der Waals surface area contributed by atoms with Gasteiger partial charge in [-0.1, -0.05) is 25.8 Å². The molecular formula is C39H42F4N6O2. The summed E-state index contributed by atoms with van der Waals surface area (Å²) in [7, 11) is 0. The Labute approximate surface area is 294 Å². The van der Waals surface area contributed by atoms with Gasteiger partial charge in [0.1, 0.15) is 28.6 Å². The number of nitrogens with one attached hydrogen (secondary N) is 1. The third kappa shape index (κ3) is 5.73. The zero-order valence-corrected chi connectivity index (χ0v) is 29.0. The van der Waals surface area contributed by atoms with Crippen LogP contribution >= 0.6 is 0 Å². The van der Waals surface area contributed by atoms with E-state index in [1.807, 2.05) is 13.8 Å². The molecule has 3 aliphatic heterocycles. The number of aromatic hydroxyl groups is 1. The molecule has 2 aromatic heterocycles. The number of terminal acetylenes is 1. The van der Waals surface area contributed by atoms with E-state index in [1.54, 1.807) is 0 Å². The Morgan fingerprint density at radius 3 is 2.51 bits per heavy atom. The number of phenolic OH excluding ortho intramolecular Hbond substituents is 1. The summed E-state index contributed by atoms with van der Waals surface area (Å²) in [4.78, 5) is 18.8. The maximum absolute atomic E-state index is 17.0. The van der Waals surface area contributed by atoms with E-state index >= 15 is 4.39 Å². The smallest absolute Gasteiger partial charge is 0.319 e. The zero-order valence-electron chi connectivity index (χ0n) is 29.0. The van der Waals surface area contributed by atoms with Crippen molar-refractivity contribution in [3.8, 4) is 35.4 Å². The van der Waals surface area contributed by atoms with Crippen LogP contribution in [0.4, 0.5) is 23.4 Å². The molecule has 12 heteroatoms. The molecule has 4 fully saturated rings. The second-order valence-corrected chi connectivity index (χ2v) is 14.7. The lowest BCUT2D eigenvalue weighted by atomic mass is 9.92. The molecule has 2 aliphatic carbocycles. The lowest BCUT2D eigenvalue weighted by Crippen LogP contribution is -2.51. The molecule has 1 atom stereocenters. The lowest BCUT2D eigenvalue weighted by molar-refractivity contribution is 0.0252. The fraction of sp³-hybridized carbons (Fsp3) is 0.513. The van der Waals surface area contributed by atoms with E-state index in [0.29, 0.717) is 67.8 Å². The molecule has 2 N–H and O–H groups in total. The third-order valence-electron chi connectivity index (χ3n) is 11.7. The van der Waals surface area contributed by atoms with Crippen LogP contribution in [0.5, 0.6) is 11.8 Å². The first kappa shape index (κ1) is 33.9. The fourth-order valence-electron chi connectivity index (χ4n) is 8.47. The van der Waals surface area contributed by atoms with Crippen molar-refractivity contribution in [2.75, 3.05) is 50.8 Å². The number of fused-ring (bicyclic) bond motifs is 3. The molecule has 9 rings (SSSR count). The topological polar surface area (TPSA) is 86.6 Å². The van der Waals surface area contributed by atoms with Gasteiger partial charge in [-0.25, -0.2) is 22.5 Å². The van der Waals surface area contributed by atoms with Crippen LogP contribution in [0.15, 0.2) is 24.3 Å². The minimum atomic E-state index is -2.52. The average Bonchev–Trinajstić information content (AvgIpc) is 4.03. The molecule has 0 amide bonds. The number of nitrogens with zero attached hydrogens (tertiary/aromatic N) is 5. The van der Waals surface area contributed by atoms with Crippen molar-refractivity contribution < 1.29 is 27.4 Å². The number of likely N-dealkylation sites (tertiary alicyclic amines) is 1. The van der Waals surface area contributed by atoms with Crippen LogP contribution in [0.1, 0.15) is 63.6 Å². The van der Waals surface area contributed by atoms with Gasteiger partial charge in [0.15, 0.2) is 5.82 Å². The molecule has 8 nitrogen and oxygen atoms in total. The monoisotopic (exact) mass is 702 g/mol. The van der Waals surface area contributed by atoms with Gasteiger partial charge in [0, 0.05) is 60.4 Å². The maximum atomic E-state index is 17.0. The summed E-state index contributed by atoms with van der Waals surface area (Å²) in [6, 6.07) is 5.70. The van der Waals surface area contributed by atoms with E-state index in [1.165, 1.54) is 24.3 Å². The van der Waals surface area contributed by atoms with E-state index in [9.17, 15) is 18.3 Å². The van der Waals surface area contributed by atoms with Crippen LogP contribution < -0.4 is 15.0 Å². The quantitative estimate of drug-likeness (QED) is 0.167. The molecule has 2 aromatic carbocycles. The van der Waals surface area contributed by atoms with Crippen LogP contribution in [-0.4, -0.2) is 82.8 Å². The van der Waals surface area contributed by atoms with Crippen molar-refractivity contribution in [3.63, 3.8) is 0 Å². The van der Waals surface area contributed by atoms with Crippen LogP contribution in [-0.2, 0) is 6.42 Å². The molecule has 2 saturated heterocycles. The number of alkyl halides is 2. The van der Waals surface area contributed by atoms with Gasteiger partial charge in [-0.3, -0.25) is 0 Å². The molecule has 1 unspecified atom stereocenters. The Balaban J connectivity index is 0.00000184. The summed E-state index contributed by atoms with van der Waals surface area (Å²) in [5, 5.41) is 15.4. The van der Waals surface area contributed by atoms with Gasteiger partial charge < -0.3 is 25.0 Å². The van der Waals surface area contributed by atoms with Gasteiger partial charge in [0.25, 0.3) is 5.92 Å². The number of phenols is 1. The second-order valence-electron chi connectivity index (χ2n) is 14.7. The number of aromatic nitrogens is 3. The normalized spacial score (nSPS) is 22.5. The fourth-order valence-corrected chi connectivity index (χ4v) is 8.47. The Kier molecular flexibility index (Phi) is 8.30. The summed E-state index contributed by atoms with van der Waals surface area (Å²) < 4.78 is 66.2. The highest BCUT2D eigenvalue weighted by Gasteiger charge is 2.70. The van der Waals surface area contributed by atoms with Crippen LogP contribution in [0, 0.1) is 34.8 Å². The number of benzene rings is 2. The summed E-state index contributed by atoms with van der Waals surface area (Å²) in [5.74, 6) is -1.05. The van der Waals surface area contributed by atoms with E-state index in [4.69, 9.17) is 21.1 Å². The highest BCUT2D eigenvalue weighted by molar-refractivity contribution is 6.03. The Bertz CT molecular complexity index is 2070. The van der Waals surface area contributed by atoms with Crippen molar-refractivity contribution in [2.45, 2.75) is 70.8 Å². The first-order valence-corrected chi connectivity index (χ1v) is 18.1. The molecular weight excluding hydrogens is 660 g/mol. The van der Waals surface area contributed by atoms with Crippen molar-refractivity contribution >= 4 is 27.5 Å². The predicted molar refractivity (Wildman–Crippen MR) is 188 cm³/mol. The second kappa shape index (κ2) is 12.5. The molecule has 268 valence electrons. The van der Waals surface area contributed by atoms with E-state index in [-0.39, 0.29) is 57.4 Å². The molecule has 0 radical (unpaired) electrons. The van der Waals surface area contributed by atoms with E-state index < -0.39 is 23.0 Å². The molecule has 1 spiro atoms. The molecule has 5 heterocycles. The van der Waals surface area contributed by atoms with Crippen molar-refractivity contribution in [3.05, 3.63) is 47.2 Å². The number of piperidine rings is 1. The summed E-state index contributed by atoms with van der Waals surface area (Å²) in [6.07, 6.45) is 9.93. The first-order valence-electron chi connectivity index (χ1n) is 18.1. The van der Waals surface area contributed by atoms with Crippen LogP contribution in [0.25, 0.3) is 32.9 Å². The highest BCUT2D eigenvalue weighted by Crippen LogP contribution is 2.66. The number of halogens is 4. The predicted octanol–water partition coefficient (Wildman–Crippen LogP) is 6.84. The zero-order chi connectivity index (χ0) is 35.7. The minimum absolute atomic E-state index is 0.0107. The number of hydrogen-bond donors (Lipinski definition) is 2. The molecule has 5 aliphatic rings. The van der Waals surface area contributed by atoms with Gasteiger partial charge >= 0.3 is 6.01 Å². The Morgan fingerprint density at radius 1 is 1.04 bits per heavy atom. The highest BCUT2D eigenvalue weighted by atomic mass is 19.3. The maximum Gasteiger partial charge on any atom is 0.319 e. The van der Waals surface area contributed by atoms with Crippen LogP contribution in [0.2, 0.25) is 0 Å². The Morgan fingerprint density at radius 2 is 1.80 bits per heavy atom. The number of rotatable bonds is 6. The molecule has 51 heavy (non-hydrogen) atoms. The van der Waals surface area contributed by atoms with Crippen molar-refractivity contribution in [1.82, 2.24) is 25.2 Å². The number of aryl methyl sites for hydroxylation is 1. The lowest BCUT2D eigenvalue weighted by Gasteiger charge is -2.36. The SMILES string of the molecule is C#Cc1c(F)ccc2cc(O)cc(-c3nc4c5c(nc(OCC6(CN7CCC8(CC7)CC8(F)F)CC6)nc5c3F)N3CCNCC3CC4)c12.CC.